The molecule has 0 aliphatic carbocycles. The van der Waals surface area contributed by atoms with E-state index in [0.29, 0.717) is 22.8 Å². The van der Waals surface area contributed by atoms with Gasteiger partial charge in [-0.05, 0) is 44.4 Å². The zero-order valence-electron chi connectivity index (χ0n) is 15.4. The Hall–Kier alpha value is -1.91. The summed E-state index contributed by atoms with van der Waals surface area (Å²) >= 11 is 0. The predicted octanol–water partition coefficient (Wildman–Crippen LogP) is 4.46. The molecule has 5 heteroatoms. The summed E-state index contributed by atoms with van der Waals surface area (Å²) in [7, 11) is 1.55. The number of aliphatic carboxylic acids is 1. The molecule has 1 N–H and O–H groups in total. The summed E-state index contributed by atoms with van der Waals surface area (Å²) in [5.41, 5.74) is 0.633. The maximum absolute atomic E-state index is 11.0. The van der Waals surface area contributed by atoms with E-state index in [4.69, 9.17) is 19.3 Å². The van der Waals surface area contributed by atoms with Crippen molar-refractivity contribution in [2.45, 2.75) is 72.0 Å². The highest BCUT2D eigenvalue weighted by Gasteiger charge is 2.19. The first-order valence-corrected chi connectivity index (χ1v) is 8.67. The number of hydrogen-bond donors (Lipinski definition) is 1. The SMILES string of the molecule is CCCC(C)Oc1cc(CC(=O)O)cc(OC)c1OC(C)CCC. The largest absolute Gasteiger partial charge is 0.493 e. The van der Waals surface area contributed by atoms with Crippen molar-refractivity contribution in [1.82, 2.24) is 0 Å². The number of benzene rings is 1. The van der Waals surface area contributed by atoms with Crippen LogP contribution in [-0.2, 0) is 11.2 Å². The minimum Gasteiger partial charge on any atom is -0.493 e. The summed E-state index contributed by atoms with van der Waals surface area (Å²) in [6.45, 7) is 8.21. The lowest BCUT2D eigenvalue weighted by atomic mass is 10.1. The molecule has 0 bridgehead atoms. The van der Waals surface area contributed by atoms with Crippen LogP contribution in [0.15, 0.2) is 12.1 Å². The van der Waals surface area contributed by atoms with Gasteiger partial charge < -0.3 is 19.3 Å². The zero-order chi connectivity index (χ0) is 18.1. The van der Waals surface area contributed by atoms with E-state index in [1.165, 1.54) is 0 Å². The summed E-state index contributed by atoms with van der Waals surface area (Å²) < 4.78 is 17.5. The average molecular weight is 338 g/mol. The van der Waals surface area contributed by atoms with Crippen molar-refractivity contribution in [3.8, 4) is 17.2 Å². The van der Waals surface area contributed by atoms with Crippen molar-refractivity contribution in [1.29, 1.82) is 0 Å². The zero-order valence-corrected chi connectivity index (χ0v) is 15.4. The molecule has 0 saturated heterocycles. The van der Waals surface area contributed by atoms with Crippen LogP contribution in [0.1, 0.15) is 58.9 Å². The van der Waals surface area contributed by atoms with E-state index in [1.54, 1.807) is 19.2 Å². The summed E-state index contributed by atoms with van der Waals surface area (Å²) in [5, 5.41) is 9.06. The Balaban J connectivity index is 3.20. The topological polar surface area (TPSA) is 65.0 Å². The van der Waals surface area contributed by atoms with Crippen molar-refractivity contribution in [3.63, 3.8) is 0 Å². The number of carboxylic acids is 1. The smallest absolute Gasteiger partial charge is 0.307 e. The number of carboxylic acid groups (broad SMARTS) is 1. The van der Waals surface area contributed by atoms with Gasteiger partial charge in [0.05, 0.1) is 25.7 Å². The second kappa shape index (κ2) is 10.1. The molecule has 0 amide bonds. The Labute approximate surface area is 144 Å². The summed E-state index contributed by atoms with van der Waals surface area (Å²) in [4.78, 5) is 11.0. The van der Waals surface area contributed by atoms with Gasteiger partial charge in [0.2, 0.25) is 5.75 Å². The standard InChI is InChI=1S/C19H30O5/c1-6-8-13(3)23-17-11-15(12-18(20)21)10-16(22-5)19(17)24-14(4)9-7-2/h10-11,13-14H,6-9,12H2,1-5H3,(H,20,21). The quantitative estimate of drug-likeness (QED) is 0.645. The lowest BCUT2D eigenvalue weighted by Crippen LogP contribution is -2.16. The highest BCUT2D eigenvalue weighted by molar-refractivity contribution is 5.71. The minimum atomic E-state index is -0.891. The predicted molar refractivity (Wildman–Crippen MR) is 94.3 cm³/mol. The van der Waals surface area contributed by atoms with E-state index < -0.39 is 5.97 Å². The third-order valence-electron chi connectivity index (χ3n) is 3.69. The molecule has 1 aromatic carbocycles. The Bertz CT molecular complexity index is 527. The lowest BCUT2D eigenvalue weighted by Gasteiger charge is -2.22. The maximum atomic E-state index is 11.0. The molecular formula is C19H30O5. The number of hydrogen-bond acceptors (Lipinski definition) is 4. The van der Waals surface area contributed by atoms with Gasteiger partial charge in [-0.3, -0.25) is 4.79 Å². The van der Waals surface area contributed by atoms with Gasteiger partial charge in [0.25, 0.3) is 0 Å². The highest BCUT2D eigenvalue weighted by Crippen LogP contribution is 2.40. The van der Waals surface area contributed by atoms with Gasteiger partial charge in [0.1, 0.15) is 0 Å². The molecule has 0 radical (unpaired) electrons. The fraction of sp³-hybridized carbons (Fsp3) is 0.632. The van der Waals surface area contributed by atoms with Gasteiger partial charge in [0, 0.05) is 0 Å². The number of rotatable bonds is 11. The lowest BCUT2D eigenvalue weighted by molar-refractivity contribution is -0.136. The molecule has 0 aromatic heterocycles. The van der Waals surface area contributed by atoms with Crippen LogP contribution in [0.4, 0.5) is 0 Å². The fourth-order valence-electron chi connectivity index (χ4n) is 2.61. The molecule has 0 aliphatic rings. The second-order valence-electron chi connectivity index (χ2n) is 6.13. The summed E-state index contributed by atoms with van der Waals surface area (Å²) in [5.74, 6) is 0.720. The van der Waals surface area contributed by atoms with E-state index in [9.17, 15) is 4.79 Å². The number of methoxy groups -OCH3 is 1. The molecule has 0 heterocycles. The fourth-order valence-corrected chi connectivity index (χ4v) is 2.61. The summed E-state index contributed by atoms with van der Waals surface area (Å²) in [6, 6.07) is 3.45. The molecule has 0 saturated carbocycles. The van der Waals surface area contributed by atoms with Crippen LogP contribution in [0.25, 0.3) is 0 Å². The van der Waals surface area contributed by atoms with Crippen molar-refractivity contribution in [3.05, 3.63) is 17.7 Å². The van der Waals surface area contributed by atoms with Gasteiger partial charge in [-0.2, -0.15) is 0 Å². The number of carbonyl (C=O) groups is 1. The molecule has 24 heavy (non-hydrogen) atoms. The average Bonchev–Trinajstić information content (AvgIpc) is 2.49. The molecule has 5 nitrogen and oxygen atoms in total. The Kier molecular flexibility index (Phi) is 8.44. The van der Waals surface area contributed by atoms with E-state index in [2.05, 4.69) is 13.8 Å². The minimum absolute atomic E-state index is 0.0172. The molecule has 1 rings (SSSR count). The van der Waals surface area contributed by atoms with Crippen LogP contribution in [0.5, 0.6) is 17.2 Å². The van der Waals surface area contributed by atoms with E-state index in [1.807, 2.05) is 13.8 Å². The number of ether oxygens (including phenoxy) is 3. The highest BCUT2D eigenvalue weighted by atomic mass is 16.5. The van der Waals surface area contributed by atoms with Crippen molar-refractivity contribution in [2.24, 2.45) is 0 Å². The first-order valence-electron chi connectivity index (χ1n) is 8.67. The van der Waals surface area contributed by atoms with E-state index in [0.717, 1.165) is 25.7 Å². The molecule has 2 atom stereocenters. The Morgan fingerprint density at radius 3 is 2.08 bits per heavy atom. The molecule has 0 fully saturated rings. The van der Waals surface area contributed by atoms with E-state index in [-0.39, 0.29) is 18.6 Å². The monoisotopic (exact) mass is 338 g/mol. The molecule has 136 valence electrons. The van der Waals surface area contributed by atoms with Crippen LogP contribution in [-0.4, -0.2) is 30.4 Å². The molecule has 0 spiro atoms. The van der Waals surface area contributed by atoms with Crippen LogP contribution in [0.3, 0.4) is 0 Å². The van der Waals surface area contributed by atoms with Gasteiger partial charge >= 0.3 is 5.97 Å². The van der Waals surface area contributed by atoms with Crippen molar-refractivity contribution >= 4 is 5.97 Å². The van der Waals surface area contributed by atoms with Crippen LogP contribution in [0.2, 0.25) is 0 Å². The molecule has 2 unspecified atom stereocenters. The van der Waals surface area contributed by atoms with Crippen LogP contribution < -0.4 is 14.2 Å². The Morgan fingerprint density at radius 1 is 1.04 bits per heavy atom. The van der Waals surface area contributed by atoms with Gasteiger partial charge in [-0.1, -0.05) is 26.7 Å². The third-order valence-corrected chi connectivity index (χ3v) is 3.69. The van der Waals surface area contributed by atoms with Gasteiger partial charge in [0.15, 0.2) is 11.5 Å². The first-order chi connectivity index (χ1) is 11.4. The summed E-state index contributed by atoms with van der Waals surface area (Å²) in [6.07, 6.45) is 3.82. The molecular weight excluding hydrogens is 308 g/mol. The molecule has 0 aliphatic heterocycles. The van der Waals surface area contributed by atoms with Gasteiger partial charge in [-0.25, -0.2) is 0 Å². The maximum Gasteiger partial charge on any atom is 0.307 e. The van der Waals surface area contributed by atoms with Crippen molar-refractivity contribution < 1.29 is 24.1 Å². The normalized spacial score (nSPS) is 13.2. The van der Waals surface area contributed by atoms with Crippen LogP contribution in [0, 0.1) is 0 Å². The Morgan fingerprint density at radius 2 is 1.58 bits per heavy atom. The first kappa shape index (κ1) is 20.1. The molecule has 1 aromatic rings. The third kappa shape index (κ3) is 6.30. The van der Waals surface area contributed by atoms with Gasteiger partial charge in [-0.15, -0.1) is 0 Å². The second-order valence-corrected chi connectivity index (χ2v) is 6.13. The van der Waals surface area contributed by atoms with Crippen LogP contribution >= 0.6 is 0 Å². The van der Waals surface area contributed by atoms with Crippen molar-refractivity contribution in [2.75, 3.05) is 7.11 Å². The van der Waals surface area contributed by atoms with E-state index >= 15 is 0 Å².